The topological polar surface area (TPSA) is 15.3 Å². The average Bonchev–Trinajstić information content (AvgIpc) is 3.14. The third-order valence-corrected chi connectivity index (χ3v) is 6.01. The smallest absolute Gasteiger partial charge is 0.0320 e. The van der Waals surface area contributed by atoms with Gasteiger partial charge in [0.2, 0.25) is 0 Å². The molecule has 1 saturated heterocycles. The lowest BCUT2D eigenvalue weighted by Crippen LogP contribution is -2.27. The molecule has 2 fully saturated rings. The molecule has 104 valence electrons. The summed E-state index contributed by atoms with van der Waals surface area (Å²) in [4.78, 5) is 2.68. The van der Waals surface area contributed by atoms with E-state index in [0.29, 0.717) is 0 Å². The van der Waals surface area contributed by atoms with E-state index in [-0.39, 0.29) is 0 Å². The molecule has 1 aliphatic carbocycles. The van der Waals surface area contributed by atoms with Crippen LogP contribution in [0.15, 0.2) is 27.1 Å². The molecule has 1 aromatic rings. The molecule has 1 heterocycles. The predicted molar refractivity (Wildman–Crippen MR) is 86.3 cm³/mol. The van der Waals surface area contributed by atoms with Crippen molar-refractivity contribution in [1.82, 2.24) is 10.2 Å². The van der Waals surface area contributed by atoms with Gasteiger partial charge in [-0.05, 0) is 87.8 Å². The zero-order valence-electron chi connectivity index (χ0n) is 11.0. The summed E-state index contributed by atoms with van der Waals surface area (Å²) in [7, 11) is 0. The molecule has 1 atom stereocenters. The number of rotatable bonds is 5. The van der Waals surface area contributed by atoms with E-state index in [9.17, 15) is 0 Å². The fourth-order valence-electron chi connectivity index (χ4n) is 2.87. The Kier molecular flexibility index (Phi) is 4.62. The molecule has 0 spiro atoms. The maximum Gasteiger partial charge on any atom is 0.0320 e. The Bertz CT molecular complexity index is 446. The fourth-order valence-corrected chi connectivity index (χ4v) is 3.54. The molecule has 0 amide bonds. The Balaban J connectivity index is 1.41. The highest BCUT2D eigenvalue weighted by atomic mass is 79.9. The number of likely N-dealkylation sites (tertiary alicyclic amines) is 1. The molecule has 2 aliphatic rings. The molecule has 0 radical (unpaired) electrons. The first kappa shape index (κ1) is 14.1. The van der Waals surface area contributed by atoms with E-state index in [1.807, 2.05) is 0 Å². The van der Waals surface area contributed by atoms with Gasteiger partial charge in [-0.25, -0.2) is 0 Å². The highest BCUT2D eigenvalue weighted by molar-refractivity contribution is 9.13. The molecule has 1 aliphatic heterocycles. The Morgan fingerprint density at radius 1 is 1.16 bits per heavy atom. The van der Waals surface area contributed by atoms with Crippen molar-refractivity contribution in [2.45, 2.75) is 31.8 Å². The quantitative estimate of drug-likeness (QED) is 0.826. The van der Waals surface area contributed by atoms with E-state index in [0.717, 1.165) is 34.0 Å². The zero-order chi connectivity index (χ0) is 13.2. The van der Waals surface area contributed by atoms with Gasteiger partial charge in [-0.15, -0.1) is 0 Å². The van der Waals surface area contributed by atoms with Crippen LogP contribution in [0.5, 0.6) is 0 Å². The van der Waals surface area contributed by atoms with Crippen molar-refractivity contribution in [3.63, 3.8) is 0 Å². The fraction of sp³-hybridized carbons (Fsp3) is 0.600. The lowest BCUT2D eigenvalue weighted by molar-refractivity contribution is 0.312. The molecule has 4 heteroatoms. The first-order chi connectivity index (χ1) is 9.22. The largest absolute Gasteiger partial charge is 0.312 e. The van der Waals surface area contributed by atoms with Gasteiger partial charge >= 0.3 is 0 Å². The van der Waals surface area contributed by atoms with Gasteiger partial charge in [-0.1, -0.05) is 6.07 Å². The number of nitrogens with one attached hydrogen (secondary N) is 1. The monoisotopic (exact) mass is 386 g/mol. The Morgan fingerprint density at radius 2 is 2.00 bits per heavy atom. The summed E-state index contributed by atoms with van der Waals surface area (Å²) in [5.74, 6) is 0.847. The standard InChI is InChI=1S/C15H20Br2N2/c16-14-4-1-11(7-15(14)17)8-18-9-12-5-6-19(10-12)13-2-3-13/h1,4,7,12-13,18H,2-3,5-6,8-10H2. The van der Waals surface area contributed by atoms with E-state index < -0.39 is 0 Å². The number of nitrogens with zero attached hydrogens (tertiary/aromatic N) is 1. The molecule has 1 N–H and O–H groups in total. The van der Waals surface area contributed by atoms with Crippen LogP contribution in [0.1, 0.15) is 24.8 Å². The lowest BCUT2D eigenvalue weighted by Gasteiger charge is -2.15. The van der Waals surface area contributed by atoms with Crippen molar-refractivity contribution in [3.8, 4) is 0 Å². The summed E-state index contributed by atoms with van der Waals surface area (Å²) in [6.07, 6.45) is 4.24. The van der Waals surface area contributed by atoms with Gasteiger partial charge in [0, 0.05) is 28.1 Å². The van der Waals surface area contributed by atoms with Gasteiger partial charge in [0.15, 0.2) is 0 Å². The van der Waals surface area contributed by atoms with E-state index in [1.54, 1.807) is 0 Å². The van der Waals surface area contributed by atoms with E-state index in [1.165, 1.54) is 37.9 Å². The van der Waals surface area contributed by atoms with Crippen LogP contribution < -0.4 is 5.32 Å². The average molecular weight is 388 g/mol. The van der Waals surface area contributed by atoms with Gasteiger partial charge < -0.3 is 10.2 Å². The number of halogens is 2. The molecule has 0 bridgehead atoms. The highest BCUT2D eigenvalue weighted by Gasteiger charge is 2.33. The SMILES string of the molecule is Brc1ccc(CNCC2CCN(C3CC3)C2)cc1Br. The van der Waals surface area contributed by atoms with Gasteiger partial charge in [0.05, 0.1) is 0 Å². The zero-order valence-corrected chi connectivity index (χ0v) is 14.2. The van der Waals surface area contributed by atoms with Crippen molar-refractivity contribution >= 4 is 31.9 Å². The summed E-state index contributed by atoms with van der Waals surface area (Å²) in [6, 6.07) is 7.40. The molecule has 1 saturated carbocycles. The summed E-state index contributed by atoms with van der Waals surface area (Å²) in [6.45, 7) is 4.74. The van der Waals surface area contributed by atoms with Gasteiger partial charge in [-0.2, -0.15) is 0 Å². The van der Waals surface area contributed by atoms with Crippen molar-refractivity contribution in [2.75, 3.05) is 19.6 Å². The minimum absolute atomic E-state index is 0.847. The van der Waals surface area contributed by atoms with E-state index in [2.05, 4.69) is 60.3 Å². The number of hydrogen-bond donors (Lipinski definition) is 1. The maximum atomic E-state index is 3.61. The lowest BCUT2D eigenvalue weighted by atomic mass is 10.1. The van der Waals surface area contributed by atoms with Gasteiger partial charge in [-0.3, -0.25) is 0 Å². The molecule has 0 aromatic heterocycles. The highest BCUT2D eigenvalue weighted by Crippen LogP contribution is 2.31. The molecule has 2 nitrogen and oxygen atoms in total. The summed E-state index contributed by atoms with van der Waals surface area (Å²) in [5, 5.41) is 3.61. The molecule has 3 rings (SSSR count). The first-order valence-corrected chi connectivity index (χ1v) is 8.69. The van der Waals surface area contributed by atoms with Gasteiger partial charge in [0.25, 0.3) is 0 Å². The van der Waals surface area contributed by atoms with Crippen LogP contribution in [0.3, 0.4) is 0 Å². The maximum absolute atomic E-state index is 3.61. The molecule has 1 unspecified atom stereocenters. The molecular formula is C15H20Br2N2. The normalized spacial score (nSPS) is 24.0. The van der Waals surface area contributed by atoms with E-state index >= 15 is 0 Å². The predicted octanol–water partition coefficient (Wildman–Crippen LogP) is 3.79. The van der Waals surface area contributed by atoms with Crippen LogP contribution in [0.2, 0.25) is 0 Å². The molecular weight excluding hydrogens is 368 g/mol. The minimum Gasteiger partial charge on any atom is -0.312 e. The molecule has 19 heavy (non-hydrogen) atoms. The Labute approximate surface area is 132 Å². The first-order valence-electron chi connectivity index (χ1n) is 7.11. The van der Waals surface area contributed by atoms with Crippen molar-refractivity contribution in [3.05, 3.63) is 32.7 Å². The van der Waals surface area contributed by atoms with Crippen LogP contribution in [-0.4, -0.2) is 30.6 Å². The second-order valence-corrected chi connectivity index (χ2v) is 7.47. The van der Waals surface area contributed by atoms with Crippen LogP contribution in [-0.2, 0) is 6.54 Å². The Morgan fingerprint density at radius 3 is 2.74 bits per heavy atom. The van der Waals surface area contributed by atoms with Crippen LogP contribution in [0.4, 0.5) is 0 Å². The van der Waals surface area contributed by atoms with Gasteiger partial charge in [0.1, 0.15) is 0 Å². The van der Waals surface area contributed by atoms with Crippen molar-refractivity contribution < 1.29 is 0 Å². The molecule has 1 aromatic carbocycles. The van der Waals surface area contributed by atoms with Crippen LogP contribution in [0, 0.1) is 5.92 Å². The second-order valence-electron chi connectivity index (χ2n) is 5.76. The Hall–Kier alpha value is 0.1000. The second kappa shape index (κ2) is 6.25. The number of benzene rings is 1. The van der Waals surface area contributed by atoms with Crippen molar-refractivity contribution in [2.24, 2.45) is 5.92 Å². The third-order valence-electron chi connectivity index (χ3n) is 4.13. The minimum atomic E-state index is 0.847. The number of hydrogen-bond acceptors (Lipinski definition) is 2. The van der Waals surface area contributed by atoms with Crippen molar-refractivity contribution in [1.29, 1.82) is 0 Å². The van der Waals surface area contributed by atoms with Crippen LogP contribution >= 0.6 is 31.9 Å². The summed E-state index contributed by atoms with van der Waals surface area (Å²) < 4.78 is 2.25. The van der Waals surface area contributed by atoms with E-state index in [4.69, 9.17) is 0 Å². The summed E-state index contributed by atoms with van der Waals surface area (Å²) >= 11 is 7.06. The van der Waals surface area contributed by atoms with Crippen LogP contribution in [0.25, 0.3) is 0 Å². The third kappa shape index (κ3) is 3.81. The summed E-state index contributed by atoms with van der Waals surface area (Å²) in [5.41, 5.74) is 1.34.